The minimum atomic E-state index is -2.89. The standard InChI is InChI=1S/C28H26ClF4N5O3/c1-28(2,3)41-27(39)38-11-10-37(13-18(38)24(32)33)25-16-12-34-22(21(31)23(16)35-26(36-25)40-4)15-7-5-6-14-8-9-17(30)20(29)19(14)15/h5-9,12,18,24H,10-11,13H2,1-4H3. The van der Waals surface area contributed by atoms with Crippen molar-refractivity contribution in [2.45, 2.75) is 38.8 Å². The third-order valence-corrected chi connectivity index (χ3v) is 7.02. The molecule has 8 nitrogen and oxygen atoms in total. The summed E-state index contributed by atoms with van der Waals surface area (Å²) in [6, 6.07) is 5.97. The SMILES string of the molecule is COc1nc(N2CCN(C(=O)OC(C)(C)C)C(C(F)F)C2)c2cnc(-c3cccc4ccc(F)c(Cl)c34)c(F)c2n1. The second-order valence-corrected chi connectivity index (χ2v) is 10.9. The number of halogens is 5. The van der Waals surface area contributed by atoms with E-state index >= 15 is 4.39 Å². The highest BCUT2D eigenvalue weighted by atomic mass is 35.5. The summed E-state index contributed by atoms with van der Waals surface area (Å²) in [5.74, 6) is -1.41. The molecule has 1 aliphatic heterocycles. The molecule has 0 saturated carbocycles. The van der Waals surface area contributed by atoms with Crippen molar-refractivity contribution < 1.29 is 31.8 Å². The van der Waals surface area contributed by atoms with Crippen LogP contribution in [-0.2, 0) is 4.74 Å². The first-order valence-electron chi connectivity index (χ1n) is 12.7. The fourth-order valence-electron chi connectivity index (χ4n) is 4.81. The number of pyridine rings is 1. The van der Waals surface area contributed by atoms with Crippen LogP contribution in [0.2, 0.25) is 5.02 Å². The van der Waals surface area contributed by atoms with Crippen LogP contribution in [0, 0.1) is 11.6 Å². The zero-order valence-electron chi connectivity index (χ0n) is 22.6. The third-order valence-electron chi connectivity index (χ3n) is 6.65. The quantitative estimate of drug-likeness (QED) is 0.251. The van der Waals surface area contributed by atoms with E-state index in [2.05, 4.69) is 15.0 Å². The molecule has 1 fully saturated rings. The highest BCUT2D eigenvalue weighted by molar-refractivity contribution is 6.36. The number of fused-ring (bicyclic) bond motifs is 2. The highest BCUT2D eigenvalue weighted by Gasteiger charge is 2.39. The number of hydrogen-bond acceptors (Lipinski definition) is 7. The number of nitrogens with zero attached hydrogens (tertiary/aromatic N) is 5. The molecule has 41 heavy (non-hydrogen) atoms. The number of carbonyl (C=O) groups excluding carboxylic acids is 1. The molecule has 4 aromatic rings. The van der Waals surface area contributed by atoms with Crippen molar-refractivity contribution in [3.63, 3.8) is 0 Å². The lowest BCUT2D eigenvalue weighted by atomic mass is 10.0. The van der Waals surface area contributed by atoms with E-state index < -0.39 is 35.8 Å². The molecule has 0 spiro atoms. The van der Waals surface area contributed by atoms with Crippen molar-refractivity contribution >= 4 is 45.2 Å². The zero-order chi connectivity index (χ0) is 29.6. The zero-order valence-corrected chi connectivity index (χ0v) is 23.3. The number of aromatic nitrogens is 3. The molecule has 1 atom stereocenters. The van der Waals surface area contributed by atoms with Crippen LogP contribution in [0.25, 0.3) is 32.9 Å². The number of rotatable bonds is 4. The molecule has 216 valence electrons. The second-order valence-electron chi connectivity index (χ2n) is 10.5. The van der Waals surface area contributed by atoms with Gasteiger partial charge >= 0.3 is 12.1 Å². The Kier molecular flexibility index (Phi) is 7.54. The Hall–Kier alpha value is -3.93. The van der Waals surface area contributed by atoms with Crippen LogP contribution in [0.15, 0.2) is 36.5 Å². The molecule has 2 aromatic heterocycles. The van der Waals surface area contributed by atoms with Gasteiger partial charge < -0.3 is 14.4 Å². The van der Waals surface area contributed by atoms with Gasteiger partial charge in [0.2, 0.25) is 0 Å². The Morgan fingerprint density at radius 3 is 2.56 bits per heavy atom. The first-order chi connectivity index (χ1) is 19.4. The van der Waals surface area contributed by atoms with Gasteiger partial charge in [0.15, 0.2) is 5.82 Å². The predicted molar refractivity (Wildman–Crippen MR) is 147 cm³/mol. The predicted octanol–water partition coefficient (Wildman–Crippen LogP) is 6.48. The second kappa shape index (κ2) is 10.8. The van der Waals surface area contributed by atoms with Gasteiger partial charge in [0, 0.05) is 36.8 Å². The summed E-state index contributed by atoms with van der Waals surface area (Å²) >= 11 is 6.26. The topological polar surface area (TPSA) is 80.7 Å². The van der Waals surface area contributed by atoms with Crippen LogP contribution in [-0.4, -0.2) is 70.8 Å². The molecule has 0 bridgehead atoms. The normalized spacial score (nSPS) is 16.1. The molecule has 0 radical (unpaired) electrons. The Balaban J connectivity index is 1.59. The molecule has 13 heteroatoms. The molecule has 1 amide bonds. The molecule has 0 N–H and O–H groups in total. The molecule has 1 unspecified atom stereocenters. The summed E-state index contributed by atoms with van der Waals surface area (Å²) in [6.07, 6.45) is -2.42. The maximum absolute atomic E-state index is 16.2. The summed E-state index contributed by atoms with van der Waals surface area (Å²) in [5, 5.41) is 0.820. The summed E-state index contributed by atoms with van der Waals surface area (Å²) in [5.41, 5.74) is -0.931. The van der Waals surface area contributed by atoms with Gasteiger partial charge in [-0.05, 0) is 32.2 Å². The van der Waals surface area contributed by atoms with Crippen LogP contribution in [0.1, 0.15) is 20.8 Å². The van der Waals surface area contributed by atoms with E-state index in [1.807, 2.05) is 0 Å². The average Bonchev–Trinajstić information content (AvgIpc) is 2.93. The van der Waals surface area contributed by atoms with Crippen LogP contribution in [0.5, 0.6) is 6.01 Å². The number of piperazine rings is 1. The van der Waals surface area contributed by atoms with Crippen molar-refractivity contribution in [3.8, 4) is 17.3 Å². The van der Waals surface area contributed by atoms with Gasteiger partial charge in [-0.1, -0.05) is 35.9 Å². The smallest absolute Gasteiger partial charge is 0.410 e. The lowest BCUT2D eigenvalue weighted by Gasteiger charge is -2.41. The van der Waals surface area contributed by atoms with E-state index in [0.717, 1.165) is 4.90 Å². The summed E-state index contributed by atoms with van der Waals surface area (Å²) in [7, 11) is 1.29. The van der Waals surface area contributed by atoms with Gasteiger partial charge in [0.05, 0.1) is 17.5 Å². The van der Waals surface area contributed by atoms with E-state index in [9.17, 15) is 18.0 Å². The van der Waals surface area contributed by atoms with Crippen LogP contribution in [0.3, 0.4) is 0 Å². The number of anilines is 1. The van der Waals surface area contributed by atoms with Crippen LogP contribution >= 0.6 is 11.6 Å². The summed E-state index contributed by atoms with van der Waals surface area (Å²) in [6.45, 7) is 4.64. The maximum Gasteiger partial charge on any atom is 0.410 e. The molecular weight excluding hydrogens is 566 g/mol. The monoisotopic (exact) mass is 591 g/mol. The van der Waals surface area contributed by atoms with Gasteiger partial charge in [-0.2, -0.15) is 9.97 Å². The average molecular weight is 592 g/mol. The number of alkyl halides is 2. The van der Waals surface area contributed by atoms with E-state index in [1.165, 1.54) is 30.3 Å². The van der Waals surface area contributed by atoms with Gasteiger partial charge in [0.25, 0.3) is 6.43 Å². The minimum absolute atomic E-state index is 0.0915. The van der Waals surface area contributed by atoms with E-state index in [4.69, 9.17) is 21.1 Å². The van der Waals surface area contributed by atoms with E-state index in [-0.39, 0.29) is 64.0 Å². The van der Waals surface area contributed by atoms with Crippen molar-refractivity contribution in [2.24, 2.45) is 0 Å². The number of methoxy groups -OCH3 is 1. The number of hydrogen-bond donors (Lipinski definition) is 0. The molecule has 3 heterocycles. The number of benzene rings is 2. The fourth-order valence-corrected chi connectivity index (χ4v) is 5.09. The Bertz CT molecular complexity index is 1650. The molecule has 1 aliphatic rings. The van der Waals surface area contributed by atoms with E-state index in [0.29, 0.717) is 5.39 Å². The largest absolute Gasteiger partial charge is 0.467 e. The first kappa shape index (κ1) is 28.6. The van der Waals surface area contributed by atoms with Crippen molar-refractivity contribution in [2.75, 3.05) is 31.6 Å². The minimum Gasteiger partial charge on any atom is -0.467 e. The number of amides is 1. The van der Waals surface area contributed by atoms with Gasteiger partial charge in [-0.15, -0.1) is 0 Å². The van der Waals surface area contributed by atoms with Crippen molar-refractivity contribution in [3.05, 3.63) is 53.2 Å². The van der Waals surface area contributed by atoms with Crippen LogP contribution in [0.4, 0.5) is 28.2 Å². The molecule has 5 rings (SSSR count). The number of ether oxygens (including phenoxy) is 2. The highest BCUT2D eigenvalue weighted by Crippen LogP contribution is 2.38. The third kappa shape index (κ3) is 5.40. The molecule has 2 aromatic carbocycles. The Labute approximate surface area is 237 Å². The lowest BCUT2D eigenvalue weighted by Crippen LogP contribution is -2.59. The summed E-state index contributed by atoms with van der Waals surface area (Å²) in [4.78, 5) is 28.0. The van der Waals surface area contributed by atoms with Crippen molar-refractivity contribution in [1.29, 1.82) is 0 Å². The van der Waals surface area contributed by atoms with Gasteiger partial charge in [0.1, 0.15) is 34.5 Å². The summed E-state index contributed by atoms with van der Waals surface area (Å²) < 4.78 is 69.3. The first-order valence-corrected chi connectivity index (χ1v) is 13.1. The fraction of sp³-hybridized carbons (Fsp3) is 0.357. The van der Waals surface area contributed by atoms with Gasteiger partial charge in [-0.25, -0.2) is 22.4 Å². The lowest BCUT2D eigenvalue weighted by molar-refractivity contribution is -0.0179. The molecule has 0 aliphatic carbocycles. The van der Waals surface area contributed by atoms with Gasteiger partial charge in [-0.3, -0.25) is 9.88 Å². The van der Waals surface area contributed by atoms with E-state index in [1.54, 1.807) is 39.0 Å². The Morgan fingerprint density at radius 2 is 1.88 bits per heavy atom. The molecule has 1 saturated heterocycles. The van der Waals surface area contributed by atoms with Crippen LogP contribution < -0.4 is 9.64 Å². The Morgan fingerprint density at radius 1 is 1.12 bits per heavy atom. The van der Waals surface area contributed by atoms with Crippen molar-refractivity contribution in [1.82, 2.24) is 19.9 Å². The number of carbonyl (C=O) groups is 1. The molecular formula is C28H26ClF4N5O3. The maximum atomic E-state index is 16.2.